The molecule has 314 valence electrons. The van der Waals surface area contributed by atoms with Crippen LogP contribution in [0.15, 0.2) is 249 Å². The van der Waals surface area contributed by atoms with Crippen molar-refractivity contribution in [2.45, 2.75) is 26.2 Å². The molecule has 11 rings (SSSR count). The van der Waals surface area contributed by atoms with E-state index in [2.05, 4.69) is 270 Å². The molecule has 65 heavy (non-hydrogen) atoms. The van der Waals surface area contributed by atoms with E-state index in [1.807, 2.05) is 0 Å². The first-order valence-corrected chi connectivity index (χ1v) is 22.7. The fourth-order valence-electron chi connectivity index (χ4n) is 9.81. The van der Waals surface area contributed by atoms with Gasteiger partial charge in [-0.1, -0.05) is 142 Å². The lowest BCUT2D eigenvalue weighted by atomic mass is 9.89. The summed E-state index contributed by atoms with van der Waals surface area (Å²) in [6.45, 7) is 8.88. The average molecular weight is 839 g/mol. The molecule has 0 bridgehead atoms. The standard InChI is InChI=1S/C61H50N4/c1-43(2)27-28-44(3)62-58-25-15-13-23-54(58)56-41-52(37-39-60(56)62)63(47-17-7-4-8-18-47)50-33-29-45(30-34-50)46-31-35-51(36-32-46)64(48-19-9-5-10-20-48)53-38-40-61-57(42-53)55-24-14-16-26-59(55)65(61)49-21-11-6-12-22-49/h4-41,43,57H,3,42H2,1-2H3/b28-27-. The second-order valence-electron chi connectivity index (χ2n) is 17.3. The molecule has 9 aromatic rings. The molecule has 0 spiro atoms. The number of anilines is 7. The van der Waals surface area contributed by atoms with Crippen molar-refractivity contribution in [3.05, 3.63) is 254 Å². The minimum atomic E-state index is 0.255. The number of aromatic nitrogens is 1. The van der Waals surface area contributed by atoms with Gasteiger partial charge < -0.3 is 19.3 Å². The minimum Gasteiger partial charge on any atom is -0.314 e. The lowest BCUT2D eigenvalue weighted by Gasteiger charge is -2.33. The summed E-state index contributed by atoms with van der Waals surface area (Å²) in [7, 11) is 0. The molecular weight excluding hydrogens is 789 g/mol. The Bertz CT molecular complexity index is 3270. The van der Waals surface area contributed by atoms with Crippen molar-refractivity contribution in [3.63, 3.8) is 0 Å². The van der Waals surface area contributed by atoms with Gasteiger partial charge in [-0.15, -0.1) is 0 Å². The Labute approximate surface area is 382 Å². The van der Waals surface area contributed by atoms with Crippen LogP contribution in [0.25, 0.3) is 38.6 Å². The van der Waals surface area contributed by atoms with Crippen LogP contribution < -0.4 is 14.7 Å². The molecule has 0 fully saturated rings. The van der Waals surface area contributed by atoms with E-state index in [1.54, 1.807) is 0 Å². The van der Waals surface area contributed by atoms with Gasteiger partial charge in [0.25, 0.3) is 0 Å². The van der Waals surface area contributed by atoms with E-state index in [0.717, 1.165) is 51.6 Å². The second kappa shape index (κ2) is 16.9. The summed E-state index contributed by atoms with van der Waals surface area (Å²) >= 11 is 0. The van der Waals surface area contributed by atoms with Crippen LogP contribution in [0, 0.1) is 5.92 Å². The van der Waals surface area contributed by atoms with Crippen molar-refractivity contribution in [1.82, 2.24) is 4.57 Å². The highest BCUT2D eigenvalue weighted by atomic mass is 15.2. The fourth-order valence-corrected chi connectivity index (χ4v) is 9.81. The lowest BCUT2D eigenvalue weighted by Crippen LogP contribution is -2.22. The highest BCUT2D eigenvalue weighted by molar-refractivity contribution is 6.11. The molecule has 0 saturated heterocycles. The summed E-state index contributed by atoms with van der Waals surface area (Å²) in [4.78, 5) is 7.21. The largest absolute Gasteiger partial charge is 0.314 e. The Morgan fingerprint density at radius 3 is 1.75 bits per heavy atom. The van der Waals surface area contributed by atoms with Gasteiger partial charge in [0.15, 0.2) is 0 Å². The zero-order valence-electron chi connectivity index (χ0n) is 36.8. The molecule has 0 N–H and O–H groups in total. The van der Waals surface area contributed by atoms with Gasteiger partial charge in [0, 0.05) is 80.0 Å². The first-order valence-electron chi connectivity index (χ1n) is 22.7. The number of para-hydroxylation sites is 5. The summed E-state index contributed by atoms with van der Waals surface area (Å²) in [5.74, 6) is 0.696. The summed E-state index contributed by atoms with van der Waals surface area (Å²) in [6, 6.07) is 74.5. The maximum Gasteiger partial charge on any atom is 0.0542 e. The van der Waals surface area contributed by atoms with Gasteiger partial charge in [-0.3, -0.25) is 0 Å². The number of hydrogen-bond acceptors (Lipinski definition) is 3. The van der Waals surface area contributed by atoms with Gasteiger partial charge in [-0.2, -0.15) is 0 Å². The zero-order chi connectivity index (χ0) is 43.9. The summed E-state index contributed by atoms with van der Waals surface area (Å²) in [5.41, 5.74) is 17.6. The van der Waals surface area contributed by atoms with Crippen LogP contribution in [0.5, 0.6) is 0 Å². The Balaban J connectivity index is 0.918. The number of benzene rings is 8. The quantitative estimate of drug-likeness (QED) is 0.121. The van der Waals surface area contributed by atoms with Crippen LogP contribution in [0.3, 0.4) is 0 Å². The van der Waals surface area contributed by atoms with Crippen molar-refractivity contribution in [2.75, 3.05) is 14.7 Å². The maximum atomic E-state index is 4.49. The predicted octanol–water partition coefficient (Wildman–Crippen LogP) is 16.9. The van der Waals surface area contributed by atoms with Crippen molar-refractivity contribution >= 4 is 67.3 Å². The molecule has 1 aliphatic heterocycles. The minimum absolute atomic E-state index is 0.255. The molecule has 2 heterocycles. The predicted molar refractivity (Wildman–Crippen MR) is 276 cm³/mol. The molecule has 4 heteroatoms. The molecule has 0 amide bonds. The first-order chi connectivity index (χ1) is 32.0. The summed E-state index contributed by atoms with van der Waals surface area (Å²) in [5, 5.41) is 2.41. The zero-order valence-corrected chi connectivity index (χ0v) is 36.8. The number of fused-ring (bicyclic) bond motifs is 6. The topological polar surface area (TPSA) is 14.7 Å². The van der Waals surface area contributed by atoms with E-state index in [0.29, 0.717) is 5.92 Å². The van der Waals surface area contributed by atoms with Gasteiger partial charge in [-0.05, 0) is 132 Å². The monoisotopic (exact) mass is 838 g/mol. The van der Waals surface area contributed by atoms with Crippen LogP contribution in [-0.2, 0) is 0 Å². The number of nitrogens with zero attached hydrogens (tertiary/aromatic N) is 4. The van der Waals surface area contributed by atoms with E-state index in [4.69, 9.17) is 0 Å². The van der Waals surface area contributed by atoms with Crippen LogP contribution in [0.4, 0.5) is 39.8 Å². The molecule has 4 nitrogen and oxygen atoms in total. The second-order valence-corrected chi connectivity index (χ2v) is 17.3. The fraction of sp³-hybridized carbons (Fsp3) is 0.0820. The third-order valence-corrected chi connectivity index (χ3v) is 12.8. The van der Waals surface area contributed by atoms with Crippen molar-refractivity contribution in [3.8, 4) is 11.1 Å². The Hall–Kier alpha value is -8.08. The molecule has 2 aliphatic rings. The lowest BCUT2D eigenvalue weighted by molar-refractivity contribution is 0.768. The van der Waals surface area contributed by atoms with Gasteiger partial charge in [-0.25, -0.2) is 0 Å². The van der Waals surface area contributed by atoms with Crippen LogP contribution in [0.2, 0.25) is 0 Å². The SMILES string of the molecule is C=C(/C=C\C(C)C)n1c2ccccc2c2cc(N(c3ccccc3)c3ccc(-c4ccc(N(C5=CC=C6C(C5)c5ccccc5N6c5ccccc5)c5ccccc5)cc4)cc3)ccc21. The van der Waals surface area contributed by atoms with Crippen molar-refractivity contribution in [2.24, 2.45) is 5.92 Å². The molecule has 1 unspecified atom stereocenters. The number of allylic oxidation sites excluding steroid dienone is 7. The van der Waals surface area contributed by atoms with Crippen LogP contribution in [0.1, 0.15) is 31.7 Å². The molecule has 1 atom stereocenters. The number of hydrogen-bond donors (Lipinski definition) is 0. The molecule has 8 aromatic carbocycles. The van der Waals surface area contributed by atoms with E-state index in [9.17, 15) is 0 Å². The highest BCUT2D eigenvalue weighted by Gasteiger charge is 2.37. The maximum absolute atomic E-state index is 4.49. The normalized spacial score (nSPS) is 14.4. The Morgan fingerprint density at radius 2 is 1.08 bits per heavy atom. The Morgan fingerprint density at radius 1 is 0.538 bits per heavy atom. The summed E-state index contributed by atoms with van der Waals surface area (Å²) in [6.07, 6.45) is 9.90. The molecule has 1 aliphatic carbocycles. The van der Waals surface area contributed by atoms with Crippen molar-refractivity contribution in [1.29, 1.82) is 0 Å². The van der Waals surface area contributed by atoms with Gasteiger partial charge >= 0.3 is 0 Å². The van der Waals surface area contributed by atoms with Gasteiger partial charge in [0.05, 0.1) is 11.0 Å². The average Bonchev–Trinajstić information content (AvgIpc) is 3.87. The third-order valence-electron chi connectivity index (χ3n) is 12.8. The van der Waals surface area contributed by atoms with Gasteiger partial charge in [0.1, 0.15) is 0 Å². The first kappa shape index (κ1) is 39.7. The van der Waals surface area contributed by atoms with E-state index in [1.165, 1.54) is 50.2 Å². The number of rotatable bonds is 11. The third kappa shape index (κ3) is 7.33. The summed E-state index contributed by atoms with van der Waals surface area (Å²) < 4.78 is 2.28. The smallest absolute Gasteiger partial charge is 0.0542 e. The van der Waals surface area contributed by atoms with Gasteiger partial charge in [0.2, 0.25) is 0 Å². The highest BCUT2D eigenvalue weighted by Crippen LogP contribution is 2.52. The van der Waals surface area contributed by atoms with E-state index < -0.39 is 0 Å². The molecule has 0 radical (unpaired) electrons. The van der Waals surface area contributed by atoms with Crippen LogP contribution in [-0.4, -0.2) is 4.57 Å². The van der Waals surface area contributed by atoms with E-state index >= 15 is 0 Å². The Kier molecular flexibility index (Phi) is 10.3. The molecular formula is C61H50N4. The molecule has 1 aromatic heterocycles. The molecule has 0 saturated carbocycles. The van der Waals surface area contributed by atoms with Crippen LogP contribution >= 0.6 is 0 Å². The van der Waals surface area contributed by atoms with E-state index in [-0.39, 0.29) is 5.92 Å². The van der Waals surface area contributed by atoms with Crippen molar-refractivity contribution < 1.29 is 0 Å².